The molecule has 0 fully saturated rings. The molecule has 1 heterocycles. The van der Waals surface area contributed by atoms with Gasteiger partial charge in [0.05, 0.1) is 32.9 Å². The summed E-state index contributed by atoms with van der Waals surface area (Å²) in [6.07, 6.45) is 0. The van der Waals surface area contributed by atoms with Gasteiger partial charge in [0, 0.05) is 11.4 Å². The minimum Gasteiger partial charge on any atom is -0.493 e. The largest absolute Gasteiger partial charge is 0.493 e. The maximum Gasteiger partial charge on any atom is 0.255 e. The first-order valence-corrected chi connectivity index (χ1v) is 9.43. The van der Waals surface area contributed by atoms with Crippen LogP contribution in [0.1, 0.15) is 18.5 Å². The summed E-state index contributed by atoms with van der Waals surface area (Å²) >= 11 is 5.30. The van der Waals surface area contributed by atoms with Crippen molar-refractivity contribution in [1.82, 2.24) is 10.6 Å². The Morgan fingerprint density at radius 2 is 1.67 bits per heavy atom. The van der Waals surface area contributed by atoms with E-state index in [2.05, 4.69) is 16.0 Å². The average Bonchev–Trinajstić information content (AvgIpc) is 2.73. The van der Waals surface area contributed by atoms with Crippen molar-refractivity contribution in [3.05, 3.63) is 59.0 Å². The predicted octanol–water partition coefficient (Wildman–Crippen LogP) is 3.28. The monoisotopic (exact) mass is 431 g/mol. The fraction of sp³-hybridized carbons (Fsp3) is 0.238. The highest BCUT2D eigenvalue weighted by molar-refractivity contribution is 7.80. The van der Waals surface area contributed by atoms with Gasteiger partial charge in [0.25, 0.3) is 5.91 Å². The Morgan fingerprint density at radius 1 is 1.07 bits per heavy atom. The van der Waals surface area contributed by atoms with Crippen LogP contribution < -0.4 is 30.2 Å². The molecule has 3 N–H and O–H groups in total. The third kappa shape index (κ3) is 4.30. The van der Waals surface area contributed by atoms with Crippen molar-refractivity contribution in [3.63, 3.8) is 0 Å². The number of amides is 1. The summed E-state index contributed by atoms with van der Waals surface area (Å²) in [5, 5.41) is 9.26. The van der Waals surface area contributed by atoms with Crippen LogP contribution in [-0.4, -0.2) is 32.3 Å². The second-order valence-corrected chi connectivity index (χ2v) is 6.90. The lowest BCUT2D eigenvalue weighted by Gasteiger charge is -2.31. The Balaban J connectivity index is 2.03. The summed E-state index contributed by atoms with van der Waals surface area (Å²) in [6, 6.07) is 8.47. The number of hydrogen-bond acceptors (Lipinski definition) is 5. The molecule has 30 heavy (non-hydrogen) atoms. The SMILES string of the molecule is COc1cc([C@H]2NC(=S)NC(C)=C2C(=O)Nc2ccc(F)cc2)cc(OC)c1OC. The molecule has 0 saturated heterocycles. The summed E-state index contributed by atoms with van der Waals surface area (Å²) in [7, 11) is 4.55. The van der Waals surface area contributed by atoms with Gasteiger partial charge < -0.3 is 30.2 Å². The van der Waals surface area contributed by atoms with E-state index in [1.54, 1.807) is 19.1 Å². The quantitative estimate of drug-likeness (QED) is 0.606. The molecule has 0 bridgehead atoms. The van der Waals surface area contributed by atoms with E-state index in [1.807, 2.05) is 0 Å². The Kier molecular flexibility index (Phi) is 6.41. The molecule has 0 unspecified atom stereocenters. The van der Waals surface area contributed by atoms with E-state index in [9.17, 15) is 9.18 Å². The second-order valence-electron chi connectivity index (χ2n) is 6.49. The molecule has 1 aliphatic rings. The van der Waals surface area contributed by atoms with E-state index in [1.165, 1.54) is 45.6 Å². The van der Waals surface area contributed by atoms with Crippen molar-refractivity contribution in [2.24, 2.45) is 0 Å². The van der Waals surface area contributed by atoms with Gasteiger partial charge in [0.15, 0.2) is 16.6 Å². The first-order valence-electron chi connectivity index (χ1n) is 9.03. The number of nitrogens with one attached hydrogen (secondary N) is 3. The molecule has 0 spiro atoms. The first kappa shape index (κ1) is 21.4. The minimum atomic E-state index is -0.576. The van der Waals surface area contributed by atoms with E-state index in [4.69, 9.17) is 26.4 Å². The number of hydrogen-bond donors (Lipinski definition) is 3. The number of methoxy groups -OCH3 is 3. The van der Waals surface area contributed by atoms with Gasteiger partial charge >= 0.3 is 0 Å². The molecule has 0 aliphatic carbocycles. The number of halogens is 1. The van der Waals surface area contributed by atoms with Crippen molar-refractivity contribution in [1.29, 1.82) is 0 Å². The Hall–Kier alpha value is -3.33. The van der Waals surface area contributed by atoms with E-state index >= 15 is 0 Å². The molecule has 1 atom stereocenters. The number of benzene rings is 2. The standard InChI is InChI=1S/C21H22FN3O4S/c1-11-17(20(26)24-14-7-5-13(22)6-8-14)18(25-21(30)23-11)12-9-15(27-2)19(29-4)16(10-12)28-3/h5-10,18H,1-4H3,(H,24,26)(H2,23,25,30)/t18-/m1/s1. The number of ether oxygens (including phenoxy) is 3. The normalized spacial score (nSPS) is 15.8. The van der Waals surface area contributed by atoms with Gasteiger partial charge in [-0.1, -0.05) is 0 Å². The van der Waals surface area contributed by atoms with Crippen LogP contribution in [0.5, 0.6) is 17.2 Å². The maximum absolute atomic E-state index is 13.2. The van der Waals surface area contributed by atoms with Crippen molar-refractivity contribution in [2.45, 2.75) is 13.0 Å². The first-order chi connectivity index (χ1) is 14.4. The molecular weight excluding hydrogens is 409 g/mol. The molecule has 2 aromatic rings. The van der Waals surface area contributed by atoms with Gasteiger partial charge in [0.2, 0.25) is 5.75 Å². The molecule has 3 rings (SSSR count). The number of carbonyl (C=O) groups is 1. The molecule has 0 radical (unpaired) electrons. The number of rotatable bonds is 6. The molecule has 7 nitrogen and oxygen atoms in total. The van der Waals surface area contributed by atoms with E-state index < -0.39 is 6.04 Å². The summed E-state index contributed by atoms with van der Waals surface area (Å²) in [4.78, 5) is 13.1. The number of thiocarbonyl (C=S) groups is 1. The predicted molar refractivity (Wildman–Crippen MR) is 115 cm³/mol. The minimum absolute atomic E-state index is 0.361. The van der Waals surface area contributed by atoms with Crippen LogP contribution in [0.2, 0.25) is 0 Å². The third-order valence-electron chi connectivity index (χ3n) is 4.64. The molecular formula is C21H22FN3O4S. The van der Waals surface area contributed by atoms with Crippen molar-refractivity contribution in [2.75, 3.05) is 26.6 Å². The third-order valence-corrected chi connectivity index (χ3v) is 4.86. The fourth-order valence-corrected chi connectivity index (χ4v) is 3.52. The van der Waals surface area contributed by atoms with Gasteiger partial charge in [-0.25, -0.2) is 4.39 Å². The van der Waals surface area contributed by atoms with Crippen molar-refractivity contribution in [3.8, 4) is 17.2 Å². The van der Waals surface area contributed by atoms with Crippen molar-refractivity contribution < 1.29 is 23.4 Å². The zero-order chi connectivity index (χ0) is 21.8. The molecule has 0 aromatic heterocycles. The maximum atomic E-state index is 13.2. The van der Waals surface area contributed by atoms with Gasteiger partial charge in [-0.05, 0) is 61.1 Å². The topological polar surface area (TPSA) is 80.9 Å². The van der Waals surface area contributed by atoms with Crippen LogP contribution in [0, 0.1) is 5.82 Å². The lowest BCUT2D eigenvalue weighted by molar-refractivity contribution is -0.113. The van der Waals surface area contributed by atoms with Crippen LogP contribution in [0.3, 0.4) is 0 Å². The number of carbonyl (C=O) groups excluding carboxylic acids is 1. The summed E-state index contributed by atoms with van der Waals surface area (Å²) < 4.78 is 29.4. The van der Waals surface area contributed by atoms with Crippen LogP contribution in [0.15, 0.2) is 47.7 Å². The van der Waals surface area contributed by atoms with E-state index in [-0.39, 0.29) is 11.7 Å². The lowest BCUT2D eigenvalue weighted by atomic mass is 9.94. The van der Waals surface area contributed by atoms with Gasteiger partial charge in [-0.15, -0.1) is 0 Å². The number of allylic oxidation sites excluding steroid dienone is 1. The Bertz CT molecular complexity index is 983. The fourth-order valence-electron chi connectivity index (χ4n) is 3.24. The zero-order valence-corrected chi connectivity index (χ0v) is 17.8. The molecule has 2 aromatic carbocycles. The smallest absolute Gasteiger partial charge is 0.255 e. The van der Waals surface area contributed by atoms with Gasteiger partial charge in [-0.3, -0.25) is 4.79 Å². The summed E-state index contributed by atoms with van der Waals surface area (Å²) in [5.41, 5.74) is 2.18. The Morgan fingerprint density at radius 3 is 2.20 bits per heavy atom. The number of anilines is 1. The van der Waals surface area contributed by atoms with Crippen molar-refractivity contribution >= 4 is 28.9 Å². The molecule has 1 amide bonds. The van der Waals surface area contributed by atoms with Crippen LogP contribution in [0.4, 0.5) is 10.1 Å². The van der Waals surface area contributed by atoms with E-state index in [0.717, 1.165) is 0 Å². The Labute approximate surface area is 179 Å². The molecule has 0 saturated carbocycles. The molecule has 1 aliphatic heterocycles. The molecule has 9 heteroatoms. The van der Waals surface area contributed by atoms with Crippen LogP contribution >= 0.6 is 12.2 Å². The zero-order valence-electron chi connectivity index (χ0n) is 17.0. The lowest BCUT2D eigenvalue weighted by Crippen LogP contribution is -2.45. The average molecular weight is 431 g/mol. The highest BCUT2D eigenvalue weighted by Gasteiger charge is 2.31. The molecule has 158 valence electrons. The highest BCUT2D eigenvalue weighted by atomic mass is 32.1. The van der Waals surface area contributed by atoms with Gasteiger partial charge in [-0.2, -0.15) is 0 Å². The summed E-state index contributed by atoms with van der Waals surface area (Å²) in [6.45, 7) is 1.76. The van der Waals surface area contributed by atoms with E-state index in [0.29, 0.717) is 44.9 Å². The van der Waals surface area contributed by atoms with Crippen LogP contribution in [0.25, 0.3) is 0 Å². The summed E-state index contributed by atoms with van der Waals surface area (Å²) in [5.74, 6) is 0.603. The van der Waals surface area contributed by atoms with Crippen LogP contribution in [-0.2, 0) is 4.79 Å². The van der Waals surface area contributed by atoms with Gasteiger partial charge in [0.1, 0.15) is 5.82 Å². The second kappa shape index (κ2) is 9.00. The highest BCUT2D eigenvalue weighted by Crippen LogP contribution is 2.41.